The van der Waals surface area contributed by atoms with Crippen LogP contribution in [0.5, 0.6) is 11.5 Å². The van der Waals surface area contributed by atoms with Gasteiger partial charge in [0.25, 0.3) is 0 Å². The van der Waals surface area contributed by atoms with Gasteiger partial charge in [0, 0.05) is 11.6 Å². The van der Waals surface area contributed by atoms with Crippen LogP contribution in [0.25, 0.3) is 0 Å². The lowest BCUT2D eigenvalue weighted by Crippen LogP contribution is -2.14. The van der Waals surface area contributed by atoms with Crippen molar-refractivity contribution in [1.29, 1.82) is 0 Å². The number of rotatable bonds is 6. The molecule has 1 aromatic carbocycles. The molecule has 0 saturated carbocycles. The lowest BCUT2D eigenvalue weighted by molar-refractivity contribution is -0.145. The Morgan fingerprint density at radius 2 is 2.18 bits per heavy atom. The molecule has 17 heavy (non-hydrogen) atoms. The van der Waals surface area contributed by atoms with E-state index < -0.39 is 5.97 Å². The third kappa shape index (κ3) is 3.96. The number of carbonyl (C=O) groups is 1. The Balaban J connectivity index is 2.63. The lowest BCUT2D eigenvalue weighted by atomic mass is 10.2. The minimum atomic E-state index is -0.419. The molecule has 0 saturated heterocycles. The summed E-state index contributed by atoms with van der Waals surface area (Å²) < 4.78 is 15.0. The van der Waals surface area contributed by atoms with Crippen molar-refractivity contribution >= 4 is 5.97 Å². The number of aliphatic hydroxyl groups is 1. The molecule has 5 nitrogen and oxygen atoms in total. The third-order valence-electron chi connectivity index (χ3n) is 2.09. The van der Waals surface area contributed by atoms with Gasteiger partial charge in [-0.3, -0.25) is 0 Å². The molecule has 1 aromatic rings. The molecular formula is C12H16O5. The van der Waals surface area contributed by atoms with E-state index in [0.29, 0.717) is 23.7 Å². The Kier molecular flexibility index (Phi) is 5.29. The first-order valence-electron chi connectivity index (χ1n) is 5.27. The van der Waals surface area contributed by atoms with Crippen molar-refractivity contribution in [2.75, 3.05) is 20.3 Å². The Bertz CT molecular complexity index is 375. The van der Waals surface area contributed by atoms with Crippen LogP contribution in [0.15, 0.2) is 18.2 Å². The molecule has 0 bridgehead atoms. The Morgan fingerprint density at radius 1 is 1.41 bits per heavy atom. The van der Waals surface area contributed by atoms with Crippen LogP contribution in [0.1, 0.15) is 12.5 Å². The standard InChI is InChI=1S/C12H16O5/c1-3-16-12(14)8-17-10-5-4-9(7-13)11(6-10)15-2/h4-6,13H,3,7-8H2,1-2H3. The van der Waals surface area contributed by atoms with Crippen LogP contribution < -0.4 is 9.47 Å². The van der Waals surface area contributed by atoms with Gasteiger partial charge in [0.1, 0.15) is 11.5 Å². The average molecular weight is 240 g/mol. The first kappa shape index (κ1) is 13.3. The molecule has 5 heteroatoms. The largest absolute Gasteiger partial charge is 0.496 e. The van der Waals surface area contributed by atoms with Gasteiger partial charge < -0.3 is 19.3 Å². The van der Waals surface area contributed by atoms with Crippen molar-refractivity contribution in [3.63, 3.8) is 0 Å². The number of benzene rings is 1. The molecule has 0 unspecified atom stereocenters. The van der Waals surface area contributed by atoms with Gasteiger partial charge >= 0.3 is 5.97 Å². The molecular weight excluding hydrogens is 224 g/mol. The van der Waals surface area contributed by atoms with Gasteiger partial charge in [0.2, 0.25) is 0 Å². The molecule has 0 fully saturated rings. The van der Waals surface area contributed by atoms with Crippen LogP contribution in [-0.4, -0.2) is 31.4 Å². The number of hydrogen-bond acceptors (Lipinski definition) is 5. The van der Waals surface area contributed by atoms with E-state index in [2.05, 4.69) is 0 Å². The summed E-state index contributed by atoms with van der Waals surface area (Å²) in [4.78, 5) is 11.1. The molecule has 0 radical (unpaired) electrons. The zero-order valence-corrected chi connectivity index (χ0v) is 9.93. The highest BCUT2D eigenvalue weighted by atomic mass is 16.6. The lowest BCUT2D eigenvalue weighted by Gasteiger charge is -2.10. The van der Waals surface area contributed by atoms with E-state index in [1.54, 1.807) is 25.1 Å². The van der Waals surface area contributed by atoms with Crippen LogP contribution in [0.2, 0.25) is 0 Å². The zero-order valence-electron chi connectivity index (χ0n) is 9.93. The number of ether oxygens (including phenoxy) is 3. The number of carbonyl (C=O) groups excluding carboxylic acids is 1. The van der Waals surface area contributed by atoms with Gasteiger partial charge in [-0.2, -0.15) is 0 Å². The molecule has 94 valence electrons. The van der Waals surface area contributed by atoms with E-state index in [4.69, 9.17) is 19.3 Å². The summed E-state index contributed by atoms with van der Waals surface area (Å²) in [6, 6.07) is 4.96. The van der Waals surface area contributed by atoms with Crippen LogP contribution in [0.4, 0.5) is 0 Å². The highest BCUT2D eigenvalue weighted by molar-refractivity contribution is 5.71. The van der Waals surface area contributed by atoms with Crippen LogP contribution in [0.3, 0.4) is 0 Å². The van der Waals surface area contributed by atoms with E-state index in [1.807, 2.05) is 0 Å². The molecule has 0 spiro atoms. The summed E-state index contributed by atoms with van der Waals surface area (Å²) in [5.74, 6) is 0.596. The maximum atomic E-state index is 11.1. The average Bonchev–Trinajstić information content (AvgIpc) is 2.36. The second-order valence-electron chi connectivity index (χ2n) is 3.23. The fourth-order valence-corrected chi connectivity index (χ4v) is 1.29. The Morgan fingerprint density at radius 3 is 2.76 bits per heavy atom. The summed E-state index contributed by atoms with van der Waals surface area (Å²) in [5, 5.41) is 9.03. The van der Waals surface area contributed by atoms with E-state index in [9.17, 15) is 4.79 Å². The predicted molar refractivity (Wildman–Crippen MR) is 61.0 cm³/mol. The van der Waals surface area contributed by atoms with Crippen molar-refractivity contribution in [3.8, 4) is 11.5 Å². The SMILES string of the molecule is CCOC(=O)COc1ccc(CO)c(OC)c1. The summed E-state index contributed by atoms with van der Waals surface area (Å²) in [6.07, 6.45) is 0. The number of hydrogen-bond donors (Lipinski definition) is 1. The summed E-state index contributed by atoms with van der Waals surface area (Å²) in [5.41, 5.74) is 0.663. The second kappa shape index (κ2) is 6.75. The van der Waals surface area contributed by atoms with Gasteiger partial charge in [-0.15, -0.1) is 0 Å². The van der Waals surface area contributed by atoms with Crippen LogP contribution in [0, 0.1) is 0 Å². The molecule has 0 aliphatic carbocycles. The zero-order chi connectivity index (χ0) is 12.7. The summed E-state index contributed by atoms with van der Waals surface area (Å²) >= 11 is 0. The third-order valence-corrected chi connectivity index (χ3v) is 2.09. The quantitative estimate of drug-likeness (QED) is 0.755. The topological polar surface area (TPSA) is 65.0 Å². The fraction of sp³-hybridized carbons (Fsp3) is 0.417. The molecule has 0 aliphatic rings. The van der Waals surface area contributed by atoms with Crippen molar-refractivity contribution in [2.24, 2.45) is 0 Å². The molecule has 1 N–H and O–H groups in total. The van der Waals surface area contributed by atoms with Crippen LogP contribution >= 0.6 is 0 Å². The summed E-state index contributed by atoms with van der Waals surface area (Å²) in [7, 11) is 1.50. The fourth-order valence-electron chi connectivity index (χ4n) is 1.29. The molecule has 0 amide bonds. The second-order valence-corrected chi connectivity index (χ2v) is 3.23. The normalized spacial score (nSPS) is 9.82. The first-order chi connectivity index (χ1) is 8.21. The van der Waals surface area contributed by atoms with E-state index in [0.717, 1.165) is 0 Å². The van der Waals surface area contributed by atoms with E-state index in [1.165, 1.54) is 7.11 Å². The van der Waals surface area contributed by atoms with Crippen molar-refractivity contribution in [1.82, 2.24) is 0 Å². The van der Waals surface area contributed by atoms with E-state index in [-0.39, 0.29) is 13.2 Å². The van der Waals surface area contributed by atoms with Crippen molar-refractivity contribution in [3.05, 3.63) is 23.8 Å². The van der Waals surface area contributed by atoms with Gasteiger partial charge in [-0.05, 0) is 19.1 Å². The molecule has 0 heterocycles. The number of esters is 1. The predicted octanol–water partition coefficient (Wildman–Crippen LogP) is 1.13. The van der Waals surface area contributed by atoms with Crippen molar-refractivity contribution < 1.29 is 24.1 Å². The molecule has 0 atom stereocenters. The minimum absolute atomic E-state index is 0.110. The first-order valence-corrected chi connectivity index (χ1v) is 5.27. The van der Waals surface area contributed by atoms with Crippen LogP contribution in [-0.2, 0) is 16.1 Å². The van der Waals surface area contributed by atoms with Gasteiger partial charge in [0.15, 0.2) is 6.61 Å². The minimum Gasteiger partial charge on any atom is -0.496 e. The maximum absolute atomic E-state index is 11.1. The van der Waals surface area contributed by atoms with Crippen molar-refractivity contribution in [2.45, 2.75) is 13.5 Å². The highest BCUT2D eigenvalue weighted by Gasteiger charge is 2.06. The van der Waals surface area contributed by atoms with Gasteiger partial charge in [-0.25, -0.2) is 4.79 Å². The number of aliphatic hydroxyl groups excluding tert-OH is 1. The maximum Gasteiger partial charge on any atom is 0.344 e. The molecule has 1 rings (SSSR count). The van der Waals surface area contributed by atoms with E-state index >= 15 is 0 Å². The molecule has 0 aromatic heterocycles. The van der Waals surface area contributed by atoms with Gasteiger partial charge in [-0.1, -0.05) is 0 Å². The molecule has 0 aliphatic heterocycles. The summed E-state index contributed by atoms with van der Waals surface area (Å²) in [6.45, 7) is 1.81. The van der Waals surface area contributed by atoms with Gasteiger partial charge in [0.05, 0.1) is 20.3 Å². The Hall–Kier alpha value is -1.75. The monoisotopic (exact) mass is 240 g/mol. The smallest absolute Gasteiger partial charge is 0.344 e. The highest BCUT2D eigenvalue weighted by Crippen LogP contribution is 2.24. The Labute approximate surface area is 99.9 Å². The number of methoxy groups -OCH3 is 1.